The lowest BCUT2D eigenvalue weighted by Crippen LogP contribution is -2.32. The molecule has 2 N–H and O–H groups in total. The Balaban J connectivity index is 1.89. The van der Waals surface area contributed by atoms with E-state index in [1.807, 2.05) is 0 Å². The molecule has 2 aromatic rings. The summed E-state index contributed by atoms with van der Waals surface area (Å²) in [5.41, 5.74) is 0.0396. The summed E-state index contributed by atoms with van der Waals surface area (Å²) in [6.07, 6.45) is 0. The molecule has 0 aliphatic rings. The number of nitrogens with zero attached hydrogens (tertiary/aromatic N) is 1. The molecule has 0 radical (unpaired) electrons. The van der Waals surface area contributed by atoms with Crippen LogP contribution >= 0.6 is 11.6 Å². The summed E-state index contributed by atoms with van der Waals surface area (Å²) in [6.45, 7) is -1.24. The fraction of sp³-hybridized carbons (Fsp3) is 0.211. The van der Waals surface area contributed by atoms with Crippen molar-refractivity contribution in [3.63, 3.8) is 0 Å². The molecule has 0 heterocycles. The molecule has 0 bridgehead atoms. The minimum absolute atomic E-state index is 0.0186. The van der Waals surface area contributed by atoms with Crippen molar-refractivity contribution in [2.45, 2.75) is 4.90 Å². The first-order chi connectivity index (χ1) is 14.5. The van der Waals surface area contributed by atoms with Crippen LogP contribution in [0.5, 0.6) is 0 Å². The molecule has 166 valence electrons. The molecule has 0 aliphatic heterocycles. The van der Waals surface area contributed by atoms with Gasteiger partial charge in [-0.1, -0.05) is 17.7 Å². The summed E-state index contributed by atoms with van der Waals surface area (Å²) in [5.74, 6) is -2.97. The molecule has 12 heteroatoms. The Bertz CT molecular complexity index is 1110. The molecule has 2 rings (SSSR count). The summed E-state index contributed by atoms with van der Waals surface area (Å²) < 4.78 is 43.2. The second-order valence-electron chi connectivity index (χ2n) is 6.33. The maximum atomic E-state index is 13.1. The minimum atomic E-state index is -3.74. The van der Waals surface area contributed by atoms with Crippen LogP contribution in [0.2, 0.25) is 5.02 Å². The third-order valence-corrected chi connectivity index (χ3v) is 5.98. The molecule has 0 fully saturated rings. The number of anilines is 1. The SMILES string of the molecule is CN(C)S(=O)(=O)c1ccc(Cl)c(NC(=O)COC(=O)CNC(=O)c2cccc(F)c2)c1. The Morgan fingerprint density at radius 3 is 2.48 bits per heavy atom. The number of amides is 2. The predicted octanol–water partition coefficient (Wildman–Crippen LogP) is 1.64. The van der Waals surface area contributed by atoms with Crippen molar-refractivity contribution in [2.75, 3.05) is 32.6 Å². The van der Waals surface area contributed by atoms with Crippen LogP contribution in [0.15, 0.2) is 47.4 Å². The number of carbonyl (C=O) groups is 3. The highest BCUT2D eigenvalue weighted by atomic mass is 35.5. The number of hydrogen-bond acceptors (Lipinski definition) is 6. The average molecular weight is 472 g/mol. The molecule has 0 unspecified atom stereocenters. The zero-order valence-electron chi connectivity index (χ0n) is 16.5. The van der Waals surface area contributed by atoms with E-state index in [0.717, 1.165) is 10.4 Å². The smallest absolute Gasteiger partial charge is 0.325 e. The van der Waals surface area contributed by atoms with Gasteiger partial charge in [0.1, 0.15) is 12.4 Å². The van der Waals surface area contributed by atoms with Gasteiger partial charge in [-0.05, 0) is 36.4 Å². The highest BCUT2D eigenvalue weighted by molar-refractivity contribution is 7.89. The fourth-order valence-electron chi connectivity index (χ4n) is 2.24. The molecule has 2 amide bonds. The lowest BCUT2D eigenvalue weighted by atomic mass is 10.2. The molecule has 0 spiro atoms. The molecular weight excluding hydrogens is 453 g/mol. The zero-order chi connectivity index (χ0) is 23.2. The Kier molecular flexibility index (Phi) is 8.08. The Labute approximate surface area is 183 Å². The number of esters is 1. The van der Waals surface area contributed by atoms with Crippen LogP contribution in [0, 0.1) is 5.82 Å². The van der Waals surface area contributed by atoms with E-state index < -0.39 is 46.8 Å². The Morgan fingerprint density at radius 1 is 1.13 bits per heavy atom. The first kappa shape index (κ1) is 24.3. The predicted molar refractivity (Wildman–Crippen MR) is 111 cm³/mol. The van der Waals surface area contributed by atoms with Crippen molar-refractivity contribution in [3.05, 3.63) is 58.9 Å². The number of halogens is 2. The molecule has 9 nitrogen and oxygen atoms in total. The lowest BCUT2D eigenvalue weighted by molar-refractivity contribution is -0.146. The van der Waals surface area contributed by atoms with Crippen molar-refractivity contribution in [1.29, 1.82) is 0 Å². The number of hydrogen-bond donors (Lipinski definition) is 2. The van der Waals surface area contributed by atoms with Gasteiger partial charge in [0.05, 0.1) is 15.6 Å². The monoisotopic (exact) mass is 471 g/mol. The van der Waals surface area contributed by atoms with E-state index in [1.165, 1.54) is 50.5 Å². The third kappa shape index (κ3) is 6.74. The van der Waals surface area contributed by atoms with Crippen LogP contribution in [-0.4, -0.2) is 57.8 Å². The number of benzene rings is 2. The average Bonchev–Trinajstić information content (AvgIpc) is 2.71. The van der Waals surface area contributed by atoms with Gasteiger partial charge in [-0.25, -0.2) is 17.1 Å². The van der Waals surface area contributed by atoms with E-state index in [-0.39, 0.29) is 21.2 Å². The highest BCUT2D eigenvalue weighted by Crippen LogP contribution is 2.26. The third-order valence-electron chi connectivity index (χ3n) is 3.83. The highest BCUT2D eigenvalue weighted by Gasteiger charge is 2.19. The number of nitrogens with one attached hydrogen (secondary N) is 2. The molecule has 2 aromatic carbocycles. The van der Waals surface area contributed by atoms with Crippen molar-refractivity contribution in [2.24, 2.45) is 0 Å². The van der Waals surface area contributed by atoms with Gasteiger partial charge < -0.3 is 15.4 Å². The molecule has 31 heavy (non-hydrogen) atoms. The quantitative estimate of drug-likeness (QED) is 0.564. The number of sulfonamides is 1. The van der Waals surface area contributed by atoms with Crippen LogP contribution in [-0.2, 0) is 24.3 Å². The van der Waals surface area contributed by atoms with Gasteiger partial charge in [-0.3, -0.25) is 14.4 Å². The van der Waals surface area contributed by atoms with E-state index in [9.17, 15) is 27.2 Å². The summed E-state index contributed by atoms with van der Waals surface area (Å²) in [6, 6.07) is 8.65. The molecule has 0 saturated carbocycles. The zero-order valence-corrected chi connectivity index (χ0v) is 18.1. The number of rotatable bonds is 8. The van der Waals surface area contributed by atoms with E-state index in [0.29, 0.717) is 0 Å². The van der Waals surface area contributed by atoms with Crippen molar-refractivity contribution in [3.8, 4) is 0 Å². The summed E-state index contributed by atoms with van der Waals surface area (Å²) >= 11 is 5.98. The largest absolute Gasteiger partial charge is 0.454 e. The first-order valence-corrected chi connectivity index (χ1v) is 10.5. The van der Waals surface area contributed by atoms with Gasteiger partial charge in [0.25, 0.3) is 11.8 Å². The maximum absolute atomic E-state index is 13.1. The first-order valence-electron chi connectivity index (χ1n) is 8.72. The van der Waals surface area contributed by atoms with Crippen LogP contribution in [0.3, 0.4) is 0 Å². The second kappa shape index (κ2) is 10.3. The van der Waals surface area contributed by atoms with Crippen LogP contribution in [0.1, 0.15) is 10.4 Å². The van der Waals surface area contributed by atoms with Crippen molar-refractivity contribution in [1.82, 2.24) is 9.62 Å². The van der Waals surface area contributed by atoms with Gasteiger partial charge in [0.15, 0.2) is 6.61 Å². The van der Waals surface area contributed by atoms with Crippen molar-refractivity contribution < 1.29 is 31.9 Å². The van der Waals surface area contributed by atoms with Gasteiger partial charge in [0, 0.05) is 19.7 Å². The van der Waals surface area contributed by atoms with Gasteiger partial charge in [-0.15, -0.1) is 0 Å². The molecule has 0 aromatic heterocycles. The van der Waals surface area contributed by atoms with E-state index >= 15 is 0 Å². The van der Waals surface area contributed by atoms with Gasteiger partial charge >= 0.3 is 5.97 Å². The van der Waals surface area contributed by atoms with Gasteiger partial charge in [0.2, 0.25) is 10.0 Å². The van der Waals surface area contributed by atoms with E-state index in [4.69, 9.17) is 16.3 Å². The summed E-state index contributed by atoms with van der Waals surface area (Å²) in [4.78, 5) is 35.5. The number of ether oxygens (including phenoxy) is 1. The molecular formula is C19H19ClFN3O6S. The lowest BCUT2D eigenvalue weighted by Gasteiger charge is -2.14. The normalized spacial score (nSPS) is 11.1. The minimum Gasteiger partial charge on any atom is -0.454 e. The fourth-order valence-corrected chi connectivity index (χ4v) is 3.33. The maximum Gasteiger partial charge on any atom is 0.325 e. The van der Waals surface area contributed by atoms with Crippen LogP contribution in [0.25, 0.3) is 0 Å². The standard InChI is InChI=1S/C19H19ClFN3O6S/c1-24(2)31(28,29)14-6-7-15(20)16(9-14)23-17(25)11-30-18(26)10-22-19(27)12-4-3-5-13(21)8-12/h3-9H,10-11H2,1-2H3,(H,22,27)(H,23,25). The Hall–Kier alpha value is -3.02. The molecule has 0 saturated heterocycles. The van der Waals surface area contributed by atoms with Crippen molar-refractivity contribution >= 4 is 45.1 Å². The second-order valence-corrected chi connectivity index (χ2v) is 8.89. The molecule has 0 atom stereocenters. The van der Waals surface area contributed by atoms with Gasteiger partial charge in [-0.2, -0.15) is 0 Å². The summed E-state index contributed by atoms with van der Waals surface area (Å²) in [7, 11) is -1.03. The number of carbonyl (C=O) groups excluding carboxylic acids is 3. The van der Waals surface area contributed by atoms with E-state index in [2.05, 4.69) is 10.6 Å². The molecule has 0 aliphatic carbocycles. The van der Waals surface area contributed by atoms with Crippen LogP contribution < -0.4 is 10.6 Å². The summed E-state index contributed by atoms with van der Waals surface area (Å²) in [5, 5.41) is 4.68. The Morgan fingerprint density at radius 2 is 1.84 bits per heavy atom. The topological polar surface area (TPSA) is 122 Å². The van der Waals surface area contributed by atoms with Crippen LogP contribution in [0.4, 0.5) is 10.1 Å². The van der Waals surface area contributed by atoms with E-state index in [1.54, 1.807) is 0 Å².